The Morgan fingerprint density at radius 3 is 2.59 bits per heavy atom. The Kier molecular flexibility index (Phi) is 5.87. The Morgan fingerprint density at radius 2 is 1.93 bits per heavy atom. The number of ketones is 1. The molecule has 0 unspecified atom stereocenters. The maximum Gasteiger partial charge on any atom is 0.311 e. The van der Waals surface area contributed by atoms with Crippen LogP contribution in [0.15, 0.2) is 48.5 Å². The minimum atomic E-state index is -0.712. The van der Waals surface area contributed by atoms with E-state index in [1.54, 1.807) is 24.3 Å². The van der Waals surface area contributed by atoms with E-state index in [9.17, 15) is 24.5 Å². The highest BCUT2D eigenvalue weighted by Crippen LogP contribution is 2.27. The molecule has 1 heterocycles. The number of esters is 1. The number of anilines is 1. The zero-order chi connectivity index (χ0) is 21.0. The van der Waals surface area contributed by atoms with E-state index >= 15 is 0 Å². The van der Waals surface area contributed by atoms with Gasteiger partial charge in [0.05, 0.1) is 18.0 Å². The number of carbonyl (C=O) groups is 3. The van der Waals surface area contributed by atoms with Gasteiger partial charge in [0.2, 0.25) is 5.91 Å². The minimum absolute atomic E-state index is 0.0524. The van der Waals surface area contributed by atoms with E-state index < -0.39 is 23.4 Å². The molecule has 0 spiro atoms. The highest BCUT2D eigenvalue weighted by atomic mass is 16.6. The van der Waals surface area contributed by atoms with Gasteiger partial charge in [0.1, 0.15) is 5.75 Å². The van der Waals surface area contributed by atoms with Gasteiger partial charge in [-0.25, -0.2) is 0 Å². The van der Waals surface area contributed by atoms with Gasteiger partial charge in [0.15, 0.2) is 12.4 Å². The summed E-state index contributed by atoms with van der Waals surface area (Å²) in [7, 11) is 1.48. The van der Waals surface area contributed by atoms with Crippen LogP contribution in [-0.4, -0.2) is 42.8 Å². The Balaban J connectivity index is 1.58. The van der Waals surface area contributed by atoms with E-state index in [4.69, 9.17) is 9.47 Å². The summed E-state index contributed by atoms with van der Waals surface area (Å²) in [5.41, 5.74) is 0.725. The first kappa shape index (κ1) is 20.0. The van der Waals surface area contributed by atoms with Crippen LogP contribution < -0.4 is 9.64 Å². The molecule has 1 aliphatic rings. The van der Waals surface area contributed by atoms with Gasteiger partial charge in [-0.2, -0.15) is 0 Å². The summed E-state index contributed by atoms with van der Waals surface area (Å²) in [5, 5.41) is 10.7. The zero-order valence-electron chi connectivity index (χ0n) is 15.6. The number of benzene rings is 2. The summed E-state index contributed by atoms with van der Waals surface area (Å²) in [6.07, 6.45) is -0.0524. The highest BCUT2D eigenvalue weighted by molar-refractivity contribution is 6.01. The van der Waals surface area contributed by atoms with Crippen LogP contribution in [0.1, 0.15) is 16.8 Å². The monoisotopic (exact) mass is 398 g/mol. The van der Waals surface area contributed by atoms with Gasteiger partial charge in [-0.05, 0) is 24.3 Å². The predicted octanol–water partition coefficient (Wildman–Crippen LogP) is 2.38. The first-order chi connectivity index (χ1) is 13.9. The van der Waals surface area contributed by atoms with Gasteiger partial charge in [-0.3, -0.25) is 24.5 Å². The van der Waals surface area contributed by atoms with Gasteiger partial charge in [0.25, 0.3) is 5.69 Å². The normalized spacial score (nSPS) is 15.8. The average molecular weight is 398 g/mol. The van der Waals surface area contributed by atoms with E-state index in [0.29, 0.717) is 17.0 Å². The van der Waals surface area contributed by atoms with Crippen molar-refractivity contribution in [3.8, 4) is 5.75 Å². The Morgan fingerprint density at radius 1 is 1.21 bits per heavy atom. The largest absolute Gasteiger partial charge is 0.497 e. The Bertz CT molecular complexity index is 956. The molecule has 2 aromatic carbocycles. The number of hydrogen-bond donors (Lipinski definition) is 0. The molecule has 0 N–H and O–H groups in total. The Labute approximate surface area is 166 Å². The summed E-state index contributed by atoms with van der Waals surface area (Å²) in [4.78, 5) is 48.3. The van der Waals surface area contributed by atoms with Crippen molar-refractivity contribution in [2.45, 2.75) is 6.42 Å². The molecular weight excluding hydrogens is 380 g/mol. The van der Waals surface area contributed by atoms with Crippen molar-refractivity contribution in [1.82, 2.24) is 0 Å². The SMILES string of the molecule is COc1cccc(C(=O)COC(=O)[C@@H]2CC(=O)N(c3ccc([N+](=O)[O-])cc3)C2)c1. The molecule has 0 saturated carbocycles. The third-order valence-electron chi connectivity index (χ3n) is 4.57. The zero-order valence-corrected chi connectivity index (χ0v) is 15.6. The van der Waals surface area contributed by atoms with Crippen LogP contribution in [0, 0.1) is 16.0 Å². The van der Waals surface area contributed by atoms with Gasteiger partial charge in [-0.15, -0.1) is 0 Å². The number of non-ortho nitro benzene ring substituents is 1. The molecule has 29 heavy (non-hydrogen) atoms. The quantitative estimate of drug-likeness (QED) is 0.304. The van der Waals surface area contributed by atoms with Crippen molar-refractivity contribution >= 4 is 29.0 Å². The molecular formula is C20H18N2O7. The predicted molar refractivity (Wildman–Crippen MR) is 102 cm³/mol. The van der Waals surface area contributed by atoms with Gasteiger partial charge in [-0.1, -0.05) is 12.1 Å². The summed E-state index contributed by atoms with van der Waals surface area (Å²) >= 11 is 0. The third kappa shape index (κ3) is 4.57. The number of Topliss-reactive ketones (excluding diaryl/α,β-unsaturated/α-hetero) is 1. The van der Waals surface area contributed by atoms with Crippen molar-refractivity contribution in [3.05, 3.63) is 64.2 Å². The van der Waals surface area contributed by atoms with E-state index in [0.717, 1.165) is 0 Å². The van der Waals surface area contributed by atoms with E-state index in [-0.39, 0.29) is 30.3 Å². The second-order valence-electron chi connectivity index (χ2n) is 6.44. The fourth-order valence-corrected chi connectivity index (χ4v) is 3.00. The third-order valence-corrected chi connectivity index (χ3v) is 4.57. The van der Waals surface area contributed by atoms with Gasteiger partial charge >= 0.3 is 5.97 Å². The summed E-state index contributed by atoms with van der Waals surface area (Å²) in [6, 6.07) is 12.0. The van der Waals surface area contributed by atoms with Crippen LogP contribution in [0.25, 0.3) is 0 Å². The number of nitrogens with zero attached hydrogens (tertiary/aromatic N) is 2. The Hall–Kier alpha value is -3.75. The lowest BCUT2D eigenvalue weighted by Crippen LogP contribution is -2.27. The van der Waals surface area contributed by atoms with Crippen LogP contribution in [-0.2, 0) is 14.3 Å². The van der Waals surface area contributed by atoms with Crippen molar-refractivity contribution in [2.24, 2.45) is 5.92 Å². The van der Waals surface area contributed by atoms with E-state index in [1.807, 2.05) is 0 Å². The standard InChI is InChI=1S/C20H18N2O7/c1-28-17-4-2-3-13(9-17)18(23)12-29-20(25)14-10-19(24)21(11-14)15-5-7-16(8-6-15)22(26)27/h2-9,14H,10-12H2,1H3/t14-/m1/s1. The molecule has 0 radical (unpaired) electrons. The second kappa shape index (κ2) is 8.51. The molecule has 150 valence electrons. The van der Waals surface area contributed by atoms with Crippen molar-refractivity contribution in [3.63, 3.8) is 0 Å². The lowest BCUT2D eigenvalue weighted by atomic mass is 10.1. The van der Waals surface area contributed by atoms with Crippen molar-refractivity contribution in [1.29, 1.82) is 0 Å². The molecule has 1 saturated heterocycles. The van der Waals surface area contributed by atoms with Crippen LogP contribution in [0.2, 0.25) is 0 Å². The fraction of sp³-hybridized carbons (Fsp3) is 0.250. The molecule has 2 aromatic rings. The molecule has 9 heteroatoms. The maximum atomic E-state index is 12.3. The molecule has 1 aliphatic heterocycles. The number of nitro groups is 1. The number of nitro benzene ring substituents is 1. The topological polar surface area (TPSA) is 116 Å². The molecule has 3 rings (SSSR count). The number of rotatable bonds is 7. The van der Waals surface area contributed by atoms with E-state index in [1.165, 1.54) is 36.3 Å². The van der Waals surface area contributed by atoms with Crippen LogP contribution >= 0.6 is 0 Å². The van der Waals surface area contributed by atoms with E-state index in [2.05, 4.69) is 0 Å². The molecule has 0 bridgehead atoms. The number of methoxy groups -OCH3 is 1. The highest BCUT2D eigenvalue weighted by Gasteiger charge is 2.36. The number of hydrogen-bond acceptors (Lipinski definition) is 7. The lowest BCUT2D eigenvalue weighted by molar-refractivity contribution is -0.384. The molecule has 1 amide bonds. The van der Waals surface area contributed by atoms with Crippen LogP contribution in [0.5, 0.6) is 5.75 Å². The van der Waals surface area contributed by atoms with Gasteiger partial charge in [0, 0.05) is 36.3 Å². The minimum Gasteiger partial charge on any atom is -0.497 e. The lowest BCUT2D eigenvalue weighted by Gasteiger charge is -2.16. The number of ether oxygens (including phenoxy) is 2. The number of amides is 1. The van der Waals surface area contributed by atoms with Crippen LogP contribution in [0.4, 0.5) is 11.4 Å². The summed E-state index contributed by atoms with van der Waals surface area (Å²) < 4.78 is 10.2. The second-order valence-corrected chi connectivity index (χ2v) is 6.44. The first-order valence-corrected chi connectivity index (χ1v) is 8.77. The maximum absolute atomic E-state index is 12.3. The molecule has 0 aliphatic carbocycles. The average Bonchev–Trinajstić information content (AvgIpc) is 3.13. The first-order valence-electron chi connectivity index (χ1n) is 8.77. The van der Waals surface area contributed by atoms with Crippen LogP contribution in [0.3, 0.4) is 0 Å². The summed E-state index contributed by atoms with van der Waals surface area (Å²) in [6.45, 7) is -0.350. The van der Waals surface area contributed by atoms with Crippen molar-refractivity contribution in [2.75, 3.05) is 25.2 Å². The summed E-state index contributed by atoms with van der Waals surface area (Å²) in [5.74, 6) is -1.51. The molecule has 9 nitrogen and oxygen atoms in total. The molecule has 1 fully saturated rings. The van der Waals surface area contributed by atoms with Gasteiger partial charge < -0.3 is 14.4 Å². The van der Waals surface area contributed by atoms with Crippen molar-refractivity contribution < 1.29 is 28.8 Å². The number of carbonyl (C=O) groups excluding carboxylic acids is 3. The molecule has 0 aromatic heterocycles. The molecule has 1 atom stereocenters. The fourth-order valence-electron chi connectivity index (χ4n) is 3.00. The smallest absolute Gasteiger partial charge is 0.311 e.